The predicted octanol–water partition coefficient (Wildman–Crippen LogP) is 5.25. The molecule has 0 aliphatic carbocycles. The van der Waals surface area contributed by atoms with E-state index in [-0.39, 0.29) is 17.3 Å². The topological polar surface area (TPSA) is 94.7 Å². The van der Waals surface area contributed by atoms with Crippen LogP contribution in [0.4, 0.5) is 51.9 Å². The second kappa shape index (κ2) is 12.4. The van der Waals surface area contributed by atoms with E-state index in [1.807, 2.05) is 30.9 Å². The van der Waals surface area contributed by atoms with E-state index < -0.39 is 23.5 Å². The SMILES string of the molecule is C=CC(=O)Nc1cc(Nc2cc(Nc3cc(F)cc(C(F)(F)F)c3)ncn2)c(OC)cc1N(C)CCN(C)C. The van der Waals surface area contributed by atoms with Crippen molar-refractivity contribution < 1.29 is 27.1 Å². The number of amides is 1. The normalized spacial score (nSPS) is 11.2. The number of halogens is 4. The monoisotopic (exact) mass is 547 g/mol. The van der Waals surface area contributed by atoms with Gasteiger partial charge < -0.3 is 30.5 Å². The number of carbonyl (C=O) groups is 1. The van der Waals surface area contributed by atoms with Crippen LogP contribution >= 0.6 is 0 Å². The van der Waals surface area contributed by atoms with Gasteiger partial charge in [0.15, 0.2) is 0 Å². The molecule has 0 bridgehead atoms. The van der Waals surface area contributed by atoms with Gasteiger partial charge in [0, 0.05) is 38.0 Å². The Morgan fingerprint density at radius 3 is 2.31 bits per heavy atom. The second-order valence-corrected chi connectivity index (χ2v) is 8.75. The zero-order valence-corrected chi connectivity index (χ0v) is 21.9. The predicted molar refractivity (Wildman–Crippen MR) is 144 cm³/mol. The summed E-state index contributed by atoms with van der Waals surface area (Å²) in [4.78, 5) is 24.3. The van der Waals surface area contributed by atoms with Crippen LogP contribution in [0.15, 0.2) is 55.4 Å². The lowest BCUT2D eigenvalue weighted by molar-refractivity contribution is -0.137. The van der Waals surface area contributed by atoms with Crippen molar-refractivity contribution in [3.8, 4) is 5.75 Å². The van der Waals surface area contributed by atoms with Crippen molar-refractivity contribution in [3.63, 3.8) is 0 Å². The summed E-state index contributed by atoms with van der Waals surface area (Å²) in [5.41, 5.74) is 0.356. The van der Waals surface area contributed by atoms with Gasteiger partial charge in [-0.05, 0) is 44.4 Å². The first-order valence-corrected chi connectivity index (χ1v) is 11.6. The minimum atomic E-state index is -4.71. The fourth-order valence-electron chi connectivity index (χ4n) is 3.51. The molecule has 39 heavy (non-hydrogen) atoms. The molecule has 0 radical (unpaired) electrons. The highest BCUT2D eigenvalue weighted by Gasteiger charge is 2.31. The number of likely N-dealkylation sites (N-methyl/N-ethyl adjacent to an activating group) is 2. The molecule has 0 aliphatic rings. The van der Waals surface area contributed by atoms with Gasteiger partial charge in [0.1, 0.15) is 29.5 Å². The number of alkyl halides is 3. The minimum absolute atomic E-state index is 0.116. The lowest BCUT2D eigenvalue weighted by atomic mass is 10.2. The Kier molecular flexibility index (Phi) is 9.30. The highest BCUT2D eigenvalue weighted by Crippen LogP contribution is 2.38. The van der Waals surface area contributed by atoms with Crippen molar-refractivity contribution in [3.05, 3.63) is 66.8 Å². The third kappa shape index (κ3) is 8.04. The second-order valence-electron chi connectivity index (χ2n) is 8.75. The number of anilines is 6. The number of nitrogens with zero attached hydrogens (tertiary/aromatic N) is 4. The fraction of sp³-hybridized carbons (Fsp3) is 0.269. The smallest absolute Gasteiger partial charge is 0.416 e. The molecule has 0 aliphatic heterocycles. The molecule has 1 heterocycles. The Hall–Kier alpha value is -4.39. The van der Waals surface area contributed by atoms with Gasteiger partial charge in [0.2, 0.25) is 5.91 Å². The van der Waals surface area contributed by atoms with E-state index in [1.165, 1.54) is 19.5 Å². The number of hydrogen-bond acceptors (Lipinski definition) is 8. The molecule has 13 heteroatoms. The molecule has 0 atom stereocenters. The number of aromatic nitrogens is 2. The molecule has 3 aromatic rings. The van der Waals surface area contributed by atoms with Gasteiger partial charge >= 0.3 is 6.18 Å². The van der Waals surface area contributed by atoms with Crippen molar-refractivity contribution in [2.45, 2.75) is 6.18 Å². The van der Waals surface area contributed by atoms with E-state index in [0.29, 0.717) is 35.4 Å². The van der Waals surface area contributed by atoms with Crippen LogP contribution in [0.3, 0.4) is 0 Å². The van der Waals surface area contributed by atoms with E-state index in [0.717, 1.165) is 24.8 Å². The van der Waals surface area contributed by atoms with Crippen LogP contribution in [-0.4, -0.2) is 62.1 Å². The van der Waals surface area contributed by atoms with Gasteiger partial charge in [-0.25, -0.2) is 14.4 Å². The van der Waals surface area contributed by atoms with Gasteiger partial charge in [-0.15, -0.1) is 0 Å². The molecule has 2 aromatic carbocycles. The standard InChI is InChI=1S/C26H29F4N7O2/c1-6-25(38)35-19-12-20(22(39-5)13-21(19)37(4)8-7-36(2)3)34-24-14-23(31-15-32-24)33-18-10-16(26(28,29)30)9-17(27)11-18/h6,9-15H,1,7-8H2,2-5H3,(H,35,38)(H2,31,32,33,34). The fourth-order valence-corrected chi connectivity index (χ4v) is 3.51. The van der Waals surface area contributed by atoms with Crippen LogP contribution in [0.2, 0.25) is 0 Å². The Labute approximate surface area is 223 Å². The number of carbonyl (C=O) groups excluding carboxylic acids is 1. The molecular weight excluding hydrogens is 518 g/mol. The van der Waals surface area contributed by atoms with Crippen molar-refractivity contribution in [2.75, 3.05) is 62.2 Å². The molecule has 3 rings (SSSR count). The third-order valence-electron chi connectivity index (χ3n) is 5.48. The molecule has 208 valence electrons. The first-order valence-electron chi connectivity index (χ1n) is 11.6. The van der Waals surface area contributed by atoms with Crippen LogP contribution in [0.5, 0.6) is 5.75 Å². The van der Waals surface area contributed by atoms with Crippen molar-refractivity contribution >= 4 is 40.3 Å². The largest absolute Gasteiger partial charge is 0.494 e. The lowest BCUT2D eigenvalue weighted by Gasteiger charge is -2.26. The summed E-state index contributed by atoms with van der Waals surface area (Å²) in [6.45, 7) is 4.93. The Balaban J connectivity index is 1.92. The molecule has 0 saturated heterocycles. The van der Waals surface area contributed by atoms with E-state index in [9.17, 15) is 22.4 Å². The maximum absolute atomic E-state index is 13.8. The summed E-state index contributed by atoms with van der Waals surface area (Å²) in [5.74, 6) is -0.644. The lowest BCUT2D eigenvalue weighted by Crippen LogP contribution is -2.29. The molecule has 1 aromatic heterocycles. The Morgan fingerprint density at radius 1 is 1.00 bits per heavy atom. The molecule has 1 amide bonds. The quantitative estimate of drug-likeness (QED) is 0.221. The average Bonchev–Trinajstić information content (AvgIpc) is 2.86. The van der Waals surface area contributed by atoms with Crippen molar-refractivity contribution in [1.29, 1.82) is 0 Å². The highest BCUT2D eigenvalue weighted by molar-refractivity contribution is 6.02. The highest BCUT2D eigenvalue weighted by atomic mass is 19.4. The summed E-state index contributed by atoms with van der Waals surface area (Å²) < 4.78 is 58.6. The summed E-state index contributed by atoms with van der Waals surface area (Å²) >= 11 is 0. The molecule has 3 N–H and O–H groups in total. The van der Waals surface area contributed by atoms with Gasteiger partial charge in [-0.1, -0.05) is 6.58 Å². The van der Waals surface area contributed by atoms with Crippen LogP contribution in [0, 0.1) is 5.82 Å². The van der Waals surface area contributed by atoms with Crippen LogP contribution in [0.1, 0.15) is 5.56 Å². The first-order chi connectivity index (χ1) is 18.4. The maximum atomic E-state index is 13.8. The molecule has 0 unspecified atom stereocenters. The number of hydrogen-bond donors (Lipinski definition) is 3. The van der Waals surface area contributed by atoms with Crippen LogP contribution in [0.25, 0.3) is 0 Å². The van der Waals surface area contributed by atoms with E-state index in [2.05, 4.69) is 32.5 Å². The molecule has 9 nitrogen and oxygen atoms in total. The summed E-state index contributed by atoms with van der Waals surface area (Å²) in [5, 5.41) is 8.53. The molecule has 0 saturated carbocycles. The van der Waals surface area contributed by atoms with E-state index in [1.54, 1.807) is 12.1 Å². The minimum Gasteiger partial charge on any atom is -0.494 e. The van der Waals surface area contributed by atoms with Gasteiger partial charge in [-0.3, -0.25) is 4.79 Å². The number of methoxy groups -OCH3 is 1. The number of benzene rings is 2. The van der Waals surface area contributed by atoms with E-state index in [4.69, 9.17) is 4.74 Å². The van der Waals surface area contributed by atoms with Crippen LogP contribution < -0.4 is 25.6 Å². The Morgan fingerprint density at radius 2 is 1.69 bits per heavy atom. The van der Waals surface area contributed by atoms with Gasteiger partial charge in [0.25, 0.3) is 0 Å². The average molecular weight is 548 g/mol. The Bertz CT molecular complexity index is 1330. The van der Waals surface area contributed by atoms with Crippen LogP contribution in [-0.2, 0) is 11.0 Å². The third-order valence-corrected chi connectivity index (χ3v) is 5.48. The number of ether oxygens (including phenoxy) is 1. The van der Waals surface area contributed by atoms with Gasteiger partial charge in [-0.2, -0.15) is 13.2 Å². The summed E-state index contributed by atoms with van der Waals surface area (Å²) in [7, 11) is 7.28. The number of rotatable bonds is 11. The number of nitrogens with one attached hydrogen (secondary N) is 3. The zero-order chi connectivity index (χ0) is 28.7. The summed E-state index contributed by atoms with van der Waals surface area (Å²) in [6.07, 6.45) is -2.37. The molecular formula is C26H29F4N7O2. The zero-order valence-electron chi connectivity index (χ0n) is 21.9. The molecule has 0 fully saturated rings. The van der Waals surface area contributed by atoms with Crippen molar-refractivity contribution in [1.82, 2.24) is 14.9 Å². The van der Waals surface area contributed by atoms with Crippen molar-refractivity contribution in [2.24, 2.45) is 0 Å². The van der Waals surface area contributed by atoms with E-state index >= 15 is 0 Å². The molecule has 0 spiro atoms. The maximum Gasteiger partial charge on any atom is 0.416 e. The summed E-state index contributed by atoms with van der Waals surface area (Å²) in [6, 6.07) is 6.96. The first kappa shape index (κ1) is 29.2. The van der Waals surface area contributed by atoms with Gasteiger partial charge in [0.05, 0.1) is 29.7 Å².